The zero-order chi connectivity index (χ0) is 20.3. The summed E-state index contributed by atoms with van der Waals surface area (Å²) in [6.07, 6.45) is -0.241. The molecule has 0 radical (unpaired) electrons. The quantitative estimate of drug-likeness (QED) is 0.771. The number of hydrogen-bond donors (Lipinski definition) is 2. The maximum absolute atomic E-state index is 12.9. The van der Waals surface area contributed by atoms with Gasteiger partial charge < -0.3 is 10.6 Å². The maximum atomic E-state index is 12.9. The van der Waals surface area contributed by atoms with Crippen LogP contribution in [0.5, 0.6) is 0 Å². The number of benzene rings is 2. The van der Waals surface area contributed by atoms with Gasteiger partial charge in [0.25, 0.3) is 0 Å². The van der Waals surface area contributed by atoms with Crippen molar-refractivity contribution in [2.24, 2.45) is 5.92 Å². The van der Waals surface area contributed by atoms with Crippen LogP contribution in [0.4, 0.5) is 15.8 Å². The molecule has 0 saturated heterocycles. The molecular formula is C19H19FN2O4S2. The molecular weight excluding hydrogens is 403 g/mol. The molecule has 0 bridgehead atoms. The van der Waals surface area contributed by atoms with Crippen LogP contribution in [-0.4, -0.2) is 31.7 Å². The van der Waals surface area contributed by atoms with Crippen LogP contribution in [0.15, 0.2) is 52.3 Å². The van der Waals surface area contributed by atoms with E-state index in [4.69, 9.17) is 0 Å². The van der Waals surface area contributed by atoms with E-state index in [0.717, 1.165) is 4.90 Å². The van der Waals surface area contributed by atoms with Crippen LogP contribution in [0.2, 0.25) is 0 Å². The predicted molar refractivity (Wildman–Crippen MR) is 107 cm³/mol. The number of amides is 2. The average molecular weight is 423 g/mol. The standard InChI is InChI=1S/C19H19FN2O4S2/c1-12-11-27-17-7-6-15(10-16(17)22-19(12)24)28(25,26)9-8-18(23)21-14-4-2-13(20)3-5-14/h2-7,10,12H,8-9,11H2,1H3,(H,21,23)(H,22,24)/t12-/m0/s1. The van der Waals surface area contributed by atoms with Crippen molar-refractivity contribution in [1.82, 2.24) is 0 Å². The molecule has 1 aliphatic heterocycles. The summed E-state index contributed by atoms with van der Waals surface area (Å²) >= 11 is 1.49. The van der Waals surface area contributed by atoms with E-state index in [9.17, 15) is 22.4 Å². The van der Waals surface area contributed by atoms with Gasteiger partial charge in [-0.1, -0.05) is 6.92 Å². The highest BCUT2D eigenvalue weighted by atomic mass is 32.2. The van der Waals surface area contributed by atoms with Crippen LogP contribution in [0, 0.1) is 11.7 Å². The van der Waals surface area contributed by atoms with Gasteiger partial charge in [-0.05, 0) is 42.5 Å². The first-order valence-corrected chi connectivity index (χ1v) is 11.2. The molecule has 28 heavy (non-hydrogen) atoms. The number of fused-ring (bicyclic) bond motifs is 1. The van der Waals surface area contributed by atoms with Crippen LogP contribution in [0.3, 0.4) is 0 Å². The van der Waals surface area contributed by atoms with Crippen molar-refractivity contribution >= 4 is 44.8 Å². The first kappa shape index (κ1) is 20.3. The average Bonchev–Trinajstić information content (AvgIpc) is 2.80. The summed E-state index contributed by atoms with van der Waals surface area (Å²) in [6, 6.07) is 9.80. The number of halogens is 1. The van der Waals surface area contributed by atoms with Crippen molar-refractivity contribution in [2.45, 2.75) is 23.1 Å². The van der Waals surface area contributed by atoms with Gasteiger partial charge in [0, 0.05) is 28.7 Å². The molecule has 0 saturated carbocycles. The minimum absolute atomic E-state index is 0.0521. The SMILES string of the molecule is C[C@H]1CSc2ccc(S(=O)(=O)CCC(=O)Nc3ccc(F)cc3)cc2NC1=O. The molecule has 2 aromatic carbocycles. The van der Waals surface area contributed by atoms with E-state index in [-0.39, 0.29) is 28.9 Å². The van der Waals surface area contributed by atoms with Gasteiger partial charge in [0.15, 0.2) is 9.84 Å². The van der Waals surface area contributed by atoms with E-state index in [1.807, 2.05) is 6.92 Å². The number of carbonyl (C=O) groups is 2. The number of anilines is 2. The highest BCUT2D eigenvalue weighted by Crippen LogP contribution is 2.34. The molecule has 1 heterocycles. The molecule has 148 valence electrons. The van der Waals surface area contributed by atoms with Gasteiger partial charge in [0.1, 0.15) is 5.82 Å². The molecule has 6 nitrogen and oxygen atoms in total. The summed E-state index contributed by atoms with van der Waals surface area (Å²) < 4.78 is 38.1. The summed E-state index contributed by atoms with van der Waals surface area (Å²) in [6.45, 7) is 1.81. The Morgan fingerprint density at radius 3 is 2.68 bits per heavy atom. The van der Waals surface area contributed by atoms with E-state index >= 15 is 0 Å². The lowest BCUT2D eigenvalue weighted by Crippen LogP contribution is -2.20. The third-order valence-corrected chi connectivity index (χ3v) is 7.28. The van der Waals surface area contributed by atoms with Crippen molar-refractivity contribution < 1.29 is 22.4 Å². The van der Waals surface area contributed by atoms with Crippen LogP contribution in [0.25, 0.3) is 0 Å². The normalized spacial score (nSPS) is 16.6. The van der Waals surface area contributed by atoms with Gasteiger partial charge in [-0.15, -0.1) is 11.8 Å². The van der Waals surface area contributed by atoms with Gasteiger partial charge in [-0.3, -0.25) is 9.59 Å². The molecule has 1 aliphatic rings. The molecule has 2 amide bonds. The zero-order valence-corrected chi connectivity index (χ0v) is 16.7. The first-order valence-electron chi connectivity index (χ1n) is 8.60. The zero-order valence-electron chi connectivity index (χ0n) is 15.1. The minimum Gasteiger partial charge on any atom is -0.326 e. The highest BCUT2D eigenvalue weighted by molar-refractivity contribution is 7.99. The topological polar surface area (TPSA) is 92.3 Å². The van der Waals surface area contributed by atoms with E-state index < -0.39 is 21.6 Å². The second-order valence-electron chi connectivity index (χ2n) is 6.48. The lowest BCUT2D eigenvalue weighted by molar-refractivity contribution is -0.118. The van der Waals surface area contributed by atoms with Gasteiger partial charge in [0.2, 0.25) is 11.8 Å². The second kappa shape index (κ2) is 8.32. The smallest absolute Gasteiger partial charge is 0.228 e. The third kappa shape index (κ3) is 4.90. The second-order valence-corrected chi connectivity index (χ2v) is 9.65. The molecule has 3 rings (SSSR count). The summed E-state index contributed by atoms with van der Waals surface area (Å²) in [5, 5.41) is 5.28. The van der Waals surface area contributed by atoms with Crippen LogP contribution in [0.1, 0.15) is 13.3 Å². The van der Waals surface area contributed by atoms with Crippen LogP contribution in [-0.2, 0) is 19.4 Å². The Labute approximate surface area is 166 Å². The van der Waals surface area contributed by atoms with Gasteiger partial charge in [0.05, 0.1) is 16.3 Å². The number of carbonyl (C=O) groups excluding carboxylic acids is 2. The summed E-state index contributed by atoms with van der Waals surface area (Å²) in [5.74, 6) is -0.997. The minimum atomic E-state index is -3.71. The van der Waals surface area contributed by atoms with Gasteiger partial charge >= 0.3 is 0 Å². The van der Waals surface area contributed by atoms with Crippen molar-refractivity contribution in [1.29, 1.82) is 0 Å². The summed E-state index contributed by atoms with van der Waals surface area (Å²) in [7, 11) is -3.71. The molecule has 0 unspecified atom stereocenters. The Morgan fingerprint density at radius 2 is 1.96 bits per heavy atom. The van der Waals surface area contributed by atoms with Crippen LogP contribution < -0.4 is 10.6 Å². The first-order chi connectivity index (χ1) is 13.2. The Kier molecular flexibility index (Phi) is 6.04. The molecule has 0 fully saturated rings. The molecule has 9 heteroatoms. The molecule has 0 aliphatic carbocycles. The monoisotopic (exact) mass is 422 g/mol. The number of nitrogens with one attached hydrogen (secondary N) is 2. The van der Waals surface area contributed by atoms with E-state index in [1.54, 1.807) is 6.07 Å². The molecule has 2 aromatic rings. The van der Waals surface area contributed by atoms with Crippen molar-refractivity contribution in [2.75, 3.05) is 22.1 Å². The highest BCUT2D eigenvalue weighted by Gasteiger charge is 2.23. The van der Waals surface area contributed by atoms with E-state index in [1.165, 1.54) is 48.2 Å². The fourth-order valence-electron chi connectivity index (χ4n) is 2.57. The predicted octanol–water partition coefficient (Wildman–Crippen LogP) is 3.31. The van der Waals surface area contributed by atoms with Gasteiger partial charge in [-0.2, -0.15) is 0 Å². The molecule has 1 atom stereocenters. The summed E-state index contributed by atoms with van der Waals surface area (Å²) in [5.41, 5.74) is 0.860. The summed E-state index contributed by atoms with van der Waals surface area (Å²) in [4.78, 5) is 24.9. The molecule has 2 N–H and O–H groups in total. The van der Waals surface area contributed by atoms with E-state index in [0.29, 0.717) is 17.1 Å². The number of rotatable bonds is 5. The Morgan fingerprint density at radius 1 is 1.25 bits per heavy atom. The lowest BCUT2D eigenvalue weighted by Gasteiger charge is -2.10. The van der Waals surface area contributed by atoms with Crippen LogP contribution >= 0.6 is 11.8 Å². The van der Waals surface area contributed by atoms with Crippen molar-refractivity contribution in [3.63, 3.8) is 0 Å². The number of sulfone groups is 1. The third-order valence-electron chi connectivity index (χ3n) is 4.23. The fourth-order valence-corrected chi connectivity index (χ4v) is 4.85. The molecule has 0 aromatic heterocycles. The number of hydrogen-bond acceptors (Lipinski definition) is 5. The van der Waals surface area contributed by atoms with Crippen molar-refractivity contribution in [3.05, 3.63) is 48.3 Å². The van der Waals surface area contributed by atoms with Crippen molar-refractivity contribution in [3.8, 4) is 0 Å². The molecule has 0 spiro atoms. The Hall–Kier alpha value is -2.39. The maximum Gasteiger partial charge on any atom is 0.228 e. The van der Waals surface area contributed by atoms with Gasteiger partial charge in [-0.25, -0.2) is 12.8 Å². The lowest BCUT2D eigenvalue weighted by atomic mass is 10.2. The van der Waals surface area contributed by atoms with E-state index in [2.05, 4.69) is 10.6 Å². The number of thioether (sulfide) groups is 1. The Bertz CT molecular complexity index is 1010. The fraction of sp³-hybridized carbons (Fsp3) is 0.263. The Balaban J connectivity index is 1.67. The largest absolute Gasteiger partial charge is 0.326 e.